The van der Waals surface area contributed by atoms with Crippen molar-refractivity contribution in [3.63, 3.8) is 0 Å². The molecule has 1 unspecified atom stereocenters. The van der Waals surface area contributed by atoms with E-state index in [4.69, 9.17) is 4.74 Å². The number of methoxy groups -OCH3 is 1. The van der Waals surface area contributed by atoms with Crippen molar-refractivity contribution in [1.29, 1.82) is 0 Å². The van der Waals surface area contributed by atoms with Gasteiger partial charge in [-0.3, -0.25) is 0 Å². The van der Waals surface area contributed by atoms with E-state index in [0.29, 0.717) is 11.8 Å². The van der Waals surface area contributed by atoms with E-state index in [1.165, 1.54) is 37.8 Å². The van der Waals surface area contributed by atoms with Gasteiger partial charge in [0.25, 0.3) is 0 Å². The molecule has 0 radical (unpaired) electrons. The van der Waals surface area contributed by atoms with Gasteiger partial charge in [-0.05, 0) is 31.9 Å². The van der Waals surface area contributed by atoms with Crippen LogP contribution in [0.4, 0.5) is 10.1 Å². The van der Waals surface area contributed by atoms with E-state index in [1.54, 1.807) is 7.11 Å². The van der Waals surface area contributed by atoms with Crippen molar-refractivity contribution < 1.29 is 9.13 Å². The Morgan fingerprint density at radius 2 is 2.10 bits per heavy atom. The SMILES string of the molecule is COc1cc(F)ccc1N1CC2(CCCC2)NCC1C. The van der Waals surface area contributed by atoms with Crippen molar-refractivity contribution in [3.05, 3.63) is 24.0 Å². The number of anilines is 1. The quantitative estimate of drug-likeness (QED) is 0.900. The van der Waals surface area contributed by atoms with E-state index in [-0.39, 0.29) is 11.4 Å². The van der Waals surface area contributed by atoms with Gasteiger partial charge in [0.1, 0.15) is 11.6 Å². The molecule has 1 N–H and O–H groups in total. The fraction of sp³-hybridized carbons (Fsp3) is 0.625. The van der Waals surface area contributed by atoms with Crippen LogP contribution in [0.5, 0.6) is 5.75 Å². The maximum atomic E-state index is 13.4. The Balaban J connectivity index is 1.91. The number of nitrogens with zero attached hydrogens (tertiary/aromatic N) is 1. The molecule has 0 amide bonds. The first kappa shape index (κ1) is 13.7. The van der Waals surface area contributed by atoms with E-state index in [9.17, 15) is 4.39 Å². The van der Waals surface area contributed by atoms with Crippen molar-refractivity contribution in [2.75, 3.05) is 25.1 Å². The van der Waals surface area contributed by atoms with Gasteiger partial charge >= 0.3 is 0 Å². The molecule has 3 nitrogen and oxygen atoms in total. The fourth-order valence-corrected chi connectivity index (χ4v) is 3.61. The van der Waals surface area contributed by atoms with Crippen LogP contribution in [0.25, 0.3) is 0 Å². The third kappa shape index (κ3) is 2.37. The number of ether oxygens (including phenoxy) is 1. The molecule has 20 heavy (non-hydrogen) atoms. The molecule has 4 heteroatoms. The highest BCUT2D eigenvalue weighted by Crippen LogP contribution is 2.38. The smallest absolute Gasteiger partial charge is 0.145 e. The third-order valence-electron chi connectivity index (χ3n) is 4.79. The summed E-state index contributed by atoms with van der Waals surface area (Å²) < 4.78 is 18.8. The molecule has 110 valence electrons. The molecule has 1 spiro atoms. The van der Waals surface area contributed by atoms with Crippen LogP contribution in [0, 0.1) is 5.82 Å². The topological polar surface area (TPSA) is 24.5 Å². The lowest BCUT2D eigenvalue weighted by atomic mass is 9.92. The van der Waals surface area contributed by atoms with Gasteiger partial charge in [0.2, 0.25) is 0 Å². The minimum atomic E-state index is -0.246. The first-order chi connectivity index (χ1) is 9.63. The van der Waals surface area contributed by atoms with Crippen LogP contribution >= 0.6 is 0 Å². The predicted molar refractivity (Wildman–Crippen MR) is 79.0 cm³/mol. The highest BCUT2D eigenvalue weighted by molar-refractivity contribution is 5.60. The zero-order valence-corrected chi connectivity index (χ0v) is 12.3. The number of nitrogens with one attached hydrogen (secondary N) is 1. The molecule has 1 aliphatic heterocycles. The highest BCUT2D eigenvalue weighted by Gasteiger charge is 2.40. The van der Waals surface area contributed by atoms with Crippen LogP contribution in [-0.4, -0.2) is 31.8 Å². The summed E-state index contributed by atoms with van der Waals surface area (Å²) in [6, 6.07) is 5.23. The maximum absolute atomic E-state index is 13.4. The van der Waals surface area contributed by atoms with Crippen molar-refractivity contribution in [2.45, 2.75) is 44.2 Å². The molecular formula is C16H23FN2O. The van der Waals surface area contributed by atoms with Gasteiger partial charge in [-0.25, -0.2) is 4.39 Å². The number of halogens is 1. The van der Waals surface area contributed by atoms with E-state index < -0.39 is 0 Å². The molecule has 1 aromatic carbocycles. The average Bonchev–Trinajstić information content (AvgIpc) is 2.90. The Labute approximate surface area is 120 Å². The molecule has 1 heterocycles. The maximum Gasteiger partial charge on any atom is 0.145 e. The summed E-state index contributed by atoms with van der Waals surface area (Å²) >= 11 is 0. The predicted octanol–water partition coefficient (Wildman–Crippen LogP) is 2.95. The first-order valence-corrected chi connectivity index (χ1v) is 7.49. The van der Waals surface area contributed by atoms with Gasteiger partial charge < -0.3 is 15.0 Å². The number of hydrogen-bond donors (Lipinski definition) is 1. The summed E-state index contributed by atoms with van der Waals surface area (Å²) in [7, 11) is 1.61. The van der Waals surface area contributed by atoms with E-state index in [0.717, 1.165) is 18.8 Å². The highest BCUT2D eigenvalue weighted by atomic mass is 19.1. The Morgan fingerprint density at radius 1 is 1.35 bits per heavy atom. The molecule has 0 aromatic heterocycles. The van der Waals surface area contributed by atoms with Crippen LogP contribution in [0.3, 0.4) is 0 Å². The van der Waals surface area contributed by atoms with Gasteiger partial charge in [0, 0.05) is 30.7 Å². The Hall–Kier alpha value is -1.29. The largest absolute Gasteiger partial charge is 0.494 e. The van der Waals surface area contributed by atoms with Gasteiger partial charge in [-0.1, -0.05) is 12.8 Å². The van der Waals surface area contributed by atoms with Gasteiger partial charge in [0.15, 0.2) is 0 Å². The second-order valence-corrected chi connectivity index (χ2v) is 6.16. The minimum absolute atomic E-state index is 0.242. The lowest BCUT2D eigenvalue weighted by molar-refractivity contribution is 0.275. The average molecular weight is 278 g/mol. The van der Waals surface area contributed by atoms with Crippen LogP contribution in [0.1, 0.15) is 32.6 Å². The molecule has 1 saturated carbocycles. The Morgan fingerprint density at radius 3 is 2.80 bits per heavy atom. The monoisotopic (exact) mass is 278 g/mol. The number of rotatable bonds is 2. The number of hydrogen-bond acceptors (Lipinski definition) is 3. The van der Waals surface area contributed by atoms with Crippen LogP contribution in [0.2, 0.25) is 0 Å². The number of benzene rings is 1. The fourth-order valence-electron chi connectivity index (χ4n) is 3.61. The molecule has 1 aromatic rings. The van der Waals surface area contributed by atoms with Gasteiger partial charge in [-0.15, -0.1) is 0 Å². The van der Waals surface area contributed by atoms with Crippen LogP contribution in [-0.2, 0) is 0 Å². The van der Waals surface area contributed by atoms with Gasteiger partial charge in [-0.2, -0.15) is 0 Å². The van der Waals surface area contributed by atoms with Crippen LogP contribution < -0.4 is 15.0 Å². The van der Waals surface area contributed by atoms with Crippen LogP contribution in [0.15, 0.2) is 18.2 Å². The second-order valence-electron chi connectivity index (χ2n) is 6.16. The summed E-state index contributed by atoms with van der Waals surface area (Å²) in [5, 5.41) is 3.74. The Bertz CT molecular complexity index is 485. The molecule has 1 aliphatic carbocycles. The molecule has 1 saturated heterocycles. The summed E-state index contributed by atoms with van der Waals surface area (Å²) in [5.74, 6) is 0.385. The van der Waals surface area contributed by atoms with Crippen molar-refractivity contribution in [2.24, 2.45) is 0 Å². The van der Waals surface area contributed by atoms with E-state index in [1.807, 2.05) is 6.07 Å². The molecular weight excluding hydrogens is 255 g/mol. The Kier molecular flexibility index (Phi) is 3.59. The first-order valence-electron chi connectivity index (χ1n) is 7.49. The zero-order valence-electron chi connectivity index (χ0n) is 12.3. The number of piperazine rings is 1. The second kappa shape index (κ2) is 5.24. The molecule has 2 fully saturated rings. The van der Waals surface area contributed by atoms with Crippen molar-refractivity contribution in [3.8, 4) is 5.75 Å². The molecule has 0 bridgehead atoms. The van der Waals surface area contributed by atoms with Crippen molar-refractivity contribution >= 4 is 5.69 Å². The standard InChI is InChI=1S/C16H23FN2O/c1-12-10-18-16(7-3-4-8-16)11-19(12)14-6-5-13(17)9-15(14)20-2/h5-6,9,12,18H,3-4,7-8,10-11H2,1-2H3. The van der Waals surface area contributed by atoms with E-state index >= 15 is 0 Å². The lowest BCUT2D eigenvalue weighted by Gasteiger charge is -2.46. The summed E-state index contributed by atoms with van der Waals surface area (Å²) in [6.45, 7) is 4.16. The van der Waals surface area contributed by atoms with Gasteiger partial charge in [0.05, 0.1) is 12.8 Å². The third-order valence-corrected chi connectivity index (χ3v) is 4.79. The molecule has 1 atom stereocenters. The van der Waals surface area contributed by atoms with Crippen molar-refractivity contribution in [1.82, 2.24) is 5.32 Å². The summed E-state index contributed by atoms with van der Waals surface area (Å²) in [6.07, 6.45) is 5.07. The molecule has 2 aliphatic rings. The minimum Gasteiger partial charge on any atom is -0.494 e. The normalized spacial score (nSPS) is 25.1. The zero-order chi connectivity index (χ0) is 14.2. The van der Waals surface area contributed by atoms with E-state index in [2.05, 4.69) is 17.1 Å². The molecule has 3 rings (SSSR count). The summed E-state index contributed by atoms with van der Waals surface area (Å²) in [5.41, 5.74) is 1.25. The summed E-state index contributed by atoms with van der Waals surface area (Å²) in [4.78, 5) is 2.38. The lowest BCUT2D eigenvalue weighted by Crippen LogP contribution is -2.62.